The van der Waals surface area contributed by atoms with Crippen LogP contribution in [0.1, 0.15) is 27.9 Å². The summed E-state index contributed by atoms with van der Waals surface area (Å²) in [5.41, 5.74) is 1.94. The van der Waals surface area contributed by atoms with Crippen LogP contribution in [0.25, 0.3) is 0 Å². The Morgan fingerprint density at radius 1 is 1.25 bits per heavy atom. The van der Waals surface area contributed by atoms with Crippen LogP contribution in [-0.4, -0.2) is 29.7 Å². The first-order valence-corrected chi connectivity index (χ1v) is 10.9. The molecule has 148 valence electrons. The average Bonchev–Trinajstić information content (AvgIpc) is 3.25. The van der Waals surface area contributed by atoms with Gasteiger partial charge in [-0.25, -0.2) is 13.1 Å². The molecule has 0 bridgehead atoms. The number of non-ortho nitro benzene ring substituents is 1. The standard InChI is InChI=1S/C18H20N4O4S2/c1-12-6-7-15(22(23)24)10-18(12)28(25,26)19-11-16(17-5-4-8-27-17)21-14(3)9-13(2)20-21/h4-10,16,19H,11H2,1-3H3. The van der Waals surface area contributed by atoms with Crippen LogP contribution in [0.4, 0.5) is 5.69 Å². The predicted molar refractivity (Wildman–Crippen MR) is 107 cm³/mol. The molecule has 28 heavy (non-hydrogen) atoms. The summed E-state index contributed by atoms with van der Waals surface area (Å²) >= 11 is 1.51. The van der Waals surface area contributed by atoms with Gasteiger partial charge < -0.3 is 0 Å². The molecule has 8 nitrogen and oxygen atoms in total. The van der Waals surface area contributed by atoms with Crippen molar-refractivity contribution in [2.75, 3.05) is 6.54 Å². The lowest BCUT2D eigenvalue weighted by Gasteiger charge is -2.19. The largest absolute Gasteiger partial charge is 0.270 e. The van der Waals surface area contributed by atoms with E-state index in [1.165, 1.54) is 23.5 Å². The van der Waals surface area contributed by atoms with Crippen molar-refractivity contribution >= 4 is 27.0 Å². The van der Waals surface area contributed by atoms with E-state index in [1.54, 1.807) is 11.6 Å². The second-order valence-electron chi connectivity index (χ2n) is 6.46. The molecule has 2 heterocycles. The fourth-order valence-corrected chi connectivity index (χ4v) is 5.12. The van der Waals surface area contributed by atoms with Crippen LogP contribution < -0.4 is 4.72 Å². The Balaban J connectivity index is 1.92. The van der Waals surface area contributed by atoms with E-state index in [1.807, 2.05) is 37.4 Å². The molecular weight excluding hydrogens is 400 g/mol. The minimum Gasteiger partial charge on any atom is -0.260 e. The predicted octanol–water partition coefficient (Wildman–Crippen LogP) is 3.35. The first-order valence-electron chi connectivity index (χ1n) is 8.50. The number of nitro benzene ring substituents is 1. The van der Waals surface area contributed by atoms with E-state index in [-0.39, 0.29) is 23.2 Å². The minimum absolute atomic E-state index is 0.0763. The van der Waals surface area contributed by atoms with Crippen molar-refractivity contribution < 1.29 is 13.3 Å². The molecule has 3 aromatic rings. The lowest BCUT2D eigenvalue weighted by molar-refractivity contribution is -0.385. The minimum atomic E-state index is -3.94. The fraction of sp³-hybridized carbons (Fsp3) is 0.278. The average molecular weight is 421 g/mol. The molecule has 0 fully saturated rings. The summed E-state index contributed by atoms with van der Waals surface area (Å²) in [5, 5.41) is 17.4. The number of nitrogens with one attached hydrogen (secondary N) is 1. The zero-order chi connectivity index (χ0) is 20.5. The molecule has 0 saturated carbocycles. The third kappa shape index (κ3) is 4.13. The van der Waals surface area contributed by atoms with E-state index in [9.17, 15) is 18.5 Å². The van der Waals surface area contributed by atoms with Crippen molar-refractivity contribution in [2.24, 2.45) is 0 Å². The highest BCUT2D eigenvalue weighted by molar-refractivity contribution is 7.89. The van der Waals surface area contributed by atoms with Gasteiger partial charge in [-0.3, -0.25) is 14.8 Å². The van der Waals surface area contributed by atoms with Gasteiger partial charge in [0.05, 0.1) is 21.6 Å². The van der Waals surface area contributed by atoms with Crippen molar-refractivity contribution in [2.45, 2.75) is 31.7 Å². The molecule has 0 saturated heterocycles. The maximum Gasteiger partial charge on any atom is 0.270 e. The van der Waals surface area contributed by atoms with Crippen LogP contribution in [0.5, 0.6) is 0 Å². The van der Waals surface area contributed by atoms with Gasteiger partial charge in [-0.15, -0.1) is 11.3 Å². The molecule has 0 amide bonds. The number of thiophene rings is 1. The number of nitro groups is 1. The summed E-state index contributed by atoms with van der Waals surface area (Å²) in [6.45, 7) is 5.48. The SMILES string of the molecule is Cc1cc(C)n(C(CNS(=O)(=O)c2cc([N+](=O)[O-])ccc2C)c2cccs2)n1. The zero-order valence-corrected chi connectivity index (χ0v) is 17.3. The second kappa shape index (κ2) is 7.82. The quantitative estimate of drug-likeness (QED) is 0.466. The Kier molecular flexibility index (Phi) is 5.64. The molecule has 1 atom stereocenters. The molecule has 0 radical (unpaired) electrons. The van der Waals surface area contributed by atoms with Crippen LogP contribution >= 0.6 is 11.3 Å². The van der Waals surface area contributed by atoms with E-state index in [0.29, 0.717) is 5.56 Å². The Labute approximate surface area is 167 Å². The Bertz CT molecular complexity index is 1100. The van der Waals surface area contributed by atoms with Crippen LogP contribution in [0.2, 0.25) is 0 Å². The number of nitrogens with zero attached hydrogens (tertiary/aromatic N) is 3. The monoisotopic (exact) mass is 420 g/mol. The highest BCUT2D eigenvalue weighted by Gasteiger charge is 2.24. The van der Waals surface area contributed by atoms with Gasteiger partial charge in [0.15, 0.2) is 0 Å². The van der Waals surface area contributed by atoms with Gasteiger partial charge in [0.2, 0.25) is 10.0 Å². The van der Waals surface area contributed by atoms with Gasteiger partial charge in [-0.2, -0.15) is 5.10 Å². The van der Waals surface area contributed by atoms with Gasteiger partial charge in [-0.05, 0) is 43.8 Å². The summed E-state index contributed by atoms with van der Waals surface area (Å²) in [6.07, 6.45) is 0. The van der Waals surface area contributed by atoms with E-state index < -0.39 is 14.9 Å². The molecule has 1 unspecified atom stereocenters. The molecule has 0 aliphatic carbocycles. The van der Waals surface area contributed by atoms with E-state index in [2.05, 4.69) is 9.82 Å². The first kappa shape index (κ1) is 20.2. The highest BCUT2D eigenvalue weighted by atomic mass is 32.2. The number of aryl methyl sites for hydroxylation is 3. The molecule has 1 N–H and O–H groups in total. The Hall–Kier alpha value is -2.56. The Morgan fingerprint density at radius 2 is 2.00 bits per heavy atom. The molecule has 0 aliphatic heterocycles. The number of aromatic nitrogens is 2. The van der Waals surface area contributed by atoms with Crippen molar-refractivity contribution in [1.82, 2.24) is 14.5 Å². The normalized spacial score (nSPS) is 12.8. The topological polar surface area (TPSA) is 107 Å². The van der Waals surface area contributed by atoms with Crippen molar-refractivity contribution in [1.29, 1.82) is 0 Å². The van der Waals surface area contributed by atoms with Crippen LogP contribution in [0.3, 0.4) is 0 Å². The van der Waals surface area contributed by atoms with Crippen molar-refractivity contribution in [3.05, 3.63) is 73.7 Å². The smallest absolute Gasteiger partial charge is 0.260 e. The van der Waals surface area contributed by atoms with Crippen LogP contribution in [0, 0.1) is 30.9 Å². The van der Waals surface area contributed by atoms with Crippen LogP contribution in [-0.2, 0) is 10.0 Å². The third-order valence-corrected chi connectivity index (χ3v) is 6.89. The summed E-state index contributed by atoms with van der Waals surface area (Å²) in [7, 11) is -3.94. The van der Waals surface area contributed by atoms with E-state index >= 15 is 0 Å². The number of sulfonamides is 1. The molecule has 10 heteroatoms. The molecule has 0 spiro atoms. The van der Waals surface area contributed by atoms with Gasteiger partial charge in [0, 0.05) is 29.2 Å². The lowest BCUT2D eigenvalue weighted by atomic mass is 10.2. The second-order valence-corrected chi connectivity index (χ2v) is 9.18. The molecule has 2 aromatic heterocycles. The maximum atomic E-state index is 12.9. The number of hydrogen-bond acceptors (Lipinski definition) is 6. The molecule has 1 aromatic carbocycles. The fourth-order valence-electron chi connectivity index (χ4n) is 3.01. The van der Waals surface area contributed by atoms with Gasteiger partial charge in [0.1, 0.15) is 0 Å². The lowest BCUT2D eigenvalue weighted by Crippen LogP contribution is -2.32. The maximum absolute atomic E-state index is 12.9. The Morgan fingerprint density at radius 3 is 2.57 bits per heavy atom. The zero-order valence-electron chi connectivity index (χ0n) is 15.6. The van der Waals surface area contributed by atoms with Crippen molar-refractivity contribution in [3.63, 3.8) is 0 Å². The molecule has 3 rings (SSSR count). The van der Waals surface area contributed by atoms with E-state index in [0.717, 1.165) is 22.3 Å². The number of benzene rings is 1. The molecular formula is C18H20N4O4S2. The molecule has 0 aliphatic rings. The van der Waals surface area contributed by atoms with E-state index in [4.69, 9.17) is 0 Å². The van der Waals surface area contributed by atoms with Gasteiger partial charge in [-0.1, -0.05) is 12.1 Å². The third-order valence-electron chi connectivity index (χ3n) is 4.35. The van der Waals surface area contributed by atoms with Crippen LogP contribution in [0.15, 0.2) is 46.7 Å². The summed E-state index contributed by atoms with van der Waals surface area (Å²) in [5.74, 6) is 0. The van der Waals surface area contributed by atoms with Gasteiger partial charge in [0.25, 0.3) is 5.69 Å². The first-order chi connectivity index (χ1) is 13.2. The summed E-state index contributed by atoms with van der Waals surface area (Å²) < 4.78 is 30.1. The highest BCUT2D eigenvalue weighted by Crippen LogP contribution is 2.26. The van der Waals surface area contributed by atoms with Gasteiger partial charge >= 0.3 is 0 Å². The number of hydrogen-bond donors (Lipinski definition) is 1. The summed E-state index contributed by atoms with van der Waals surface area (Å²) in [4.78, 5) is 11.3. The van der Waals surface area contributed by atoms with Crippen molar-refractivity contribution in [3.8, 4) is 0 Å². The number of rotatable bonds is 7. The summed E-state index contributed by atoms with van der Waals surface area (Å²) in [6, 6.07) is 9.25.